The van der Waals surface area contributed by atoms with Crippen LogP contribution in [0.4, 0.5) is 0 Å². The molecule has 0 bridgehead atoms. The van der Waals surface area contributed by atoms with E-state index < -0.39 is 17.9 Å². The Bertz CT molecular complexity index is 1660. The van der Waals surface area contributed by atoms with Gasteiger partial charge in [0, 0.05) is 48.9 Å². The largest absolute Gasteiger partial charge is 0.481 e. The SMILES string of the molecule is CCOC(=O)CCc1c(C(=O)OCC)[nH]c2cc(I)cc(I)c12.O=C(O)CCc1c(C(=O)O)[nH]c2cc(I)cc(I)c12. The third kappa shape index (κ3) is 8.70. The van der Waals surface area contributed by atoms with Crippen molar-refractivity contribution in [2.45, 2.75) is 39.5 Å². The van der Waals surface area contributed by atoms with Crippen LogP contribution >= 0.6 is 90.4 Å². The number of aromatic nitrogens is 2. The van der Waals surface area contributed by atoms with Gasteiger partial charge < -0.3 is 29.7 Å². The van der Waals surface area contributed by atoms with Crippen molar-refractivity contribution in [1.82, 2.24) is 9.97 Å². The van der Waals surface area contributed by atoms with Crippen LogP contribution in [0.15, 0.2) is 24.3 Å². The second-order valence-electron chi connectivity index (χ2n) is 8.80. The summed E-state index contributed by atoms with van der Waals surface area (Å²) in [4.78, 5) is 51.9. The summed E-state index contributed by atoms with van der Waals surface area (Å²) < 4.78 is 14.1. The normalized spacial score (nSPS) is 10.8. The van der Waals surface area contributed by atoms with E-state index in [0.717, 1.165) is 41.7 Å². The molecule has 10 nitrogen and oxygen atoms in total. The summed E-state index contributed by atoms with van der Waals surface area (Å²) >= 11 is 8.78. The maximum absolute atomic E-state index is 12.2. The van der Waals surface area contributed by atoms with Gasteiger partial charge in [-0.25, -0.2) is 9.59 Å². The van der Waals surface area contributed by atoms with Crippen molar-refractivity contribution in [3.05, 3.63) is 61.1 Å². The fourth-order valence-electron chi connectivity index (χ4n) is 4.38. The molecule has 0 saturated carbocycles. The number of esters is 2. The highest BCUT2D eigenvalue weighted by Crippen LogP contribution is 2.32. The van der Waals surface area contributed by atoms with Gasteiger partial charge in [-0.15, -0.1) is 0 Å². The number of nitrogens with one attached hydrogen (secondary N) is 2. The van der Waals surface area contributed by atoms with E-state index in [1.807, 2.05) is 24.3 Å². The average Bonchev–Trinajstić information content (AvgIpc) is 3.45. The molecule has 2 aromatic carbocycles. The molecule has 2 aromatic heterocycles. The molecule has 0 atom stereocenters. The number of carboxylic acids is 2. The van der Waals surface area contributed by atoms with Gasteiger partial charge in [0.1, 0.15) is 11.4 Å². The molecular formula is C28H26I4N2O8. The molecule has 0 unspecified atom stereocenters. The minimum absolute atomic E-state index is 0.0798. The van der Waals surface area contributed by atoms with Crippen LogP contribution in [0.5, 0.6) is 0 Å². The van der Waals surface area contributed by atoms with Crippen LogP contribution in [0.1, 0.15) is 58.8 Å². The third-order valence-corrected chi connectivity index (χ3v) is 8.95. The van der Waals surface area contributed by atoms with E-state index in [4.69, 9.17) is 14.6 Å². The highest BCUT2D eigenvalue weighted by molar-refractivity contribution is 14.1. The van der Waals surface area contributed by atoms with Gasteiger partial charge >= 0.3 is 23.9 Å². The number of fused-ring (bicyclic) bond motifs is 2. The lowest BCUT2D eigenvalue weighted by atomic mass is 10.1. The number of ether oxygens (including phenoxy) is 2. The molecule has 0 aliphatic heterocycles. The monoisotopic (exact) mass is 1030 g/mol. The second kappa shape index (κ2) is 15.9. The number of aliphatic carboxylic acids is 1. The molecule has 0 aliphatic carbocycles. The molecule has 0 amide bonds. The van der Waals surface area contributed by atoms with Crippen LogP contribution in [-0.4, -0.2) is 57.3 Å². The Morgan fingerprint density at radius 1 is 0.714 bits per heavy atom. The molecule has 14 heteroatoms. The first-order valence-electron chi connectivity index (χ1n) is 12.6. The number of rotatable bonds is 10. The molecule has 0 fully saturated rings. The molecule has 224 valence electrons. The zero-order chi connectivity index (χ0) is 31.1. The van der Waals surface area contributed by atoms with Gasteiger partial charge in [-0.3, -0.25) is 9.59 Å². The van der Waals surface area contributed by atoms with Crippen LogP contribution < -0.4 is 0 Å². The molecule has 0 radical (unpaired) electrons. The van der Waals surface area contributed by atoms with Gasteiger partial charge in [-0.1, -0.05) is 0 Å². The van der Waals surface area contributed by atoms with Crippen LogP contribution in [0.2, 0.25) is 0 Å². The molecule has 4 rings (SSSR count). The first-order chi connectivity index (χ1) is 19.9. The van der Waals surface area contributed by atoms with E-state index in [9.17, 15) is 24.3 Å². The quantitative estimate of drug-likeness (QED) is 0.0965. The van der Waals surface area contributed by atoms with Crippen LogP contribution in [-0.2, 0) is 31.9 Å². The molecule has 2 heterocycles. The van der Waals surface area contributed by atoms with Crippen molar-refractivity contribution in [2.75, 3.05) is 13.2 Å². The highest BCUT2D eigenvalue weighted by Gasteiger charge is 2.22. The predicted octanol–water partition coefficient (Wildman–Crippen LogP) is 7.14. The Morgan fingerprint density at radius 3 is 1.67 bits per heavy atom. The van der Waals surface area contributed by atoms with Crippen molar-refractivity contribution in [3.8, 4) is 0 Å². The van der Waals surface area contributed by atoms with Gasteiger partial charge in [0.2, 0.25) is 0 Å². The van der Waals surface area contributed by atoms with Crippen molar-refractivity contribution >= 4 is 136 Å². The van der Waals surface area contributed by atoms with E-state index in [2.05, 4.69) is 100 Å². The van der Waals surface area contributed by atoms with Gasteiger partial charge in [0.05, 0.1) is 13.2 Å². The van der Waals surface area contributed by atoms with E-state index in [1.165, 1.54) is 0 Å². The van der Waals surface area contributed by atoms with Crippen LogP contribution in [0.25, 0.3) is 21.8 Å². The Hall–Kier alpha value is -1.68. The number of aryl methyl sites for hydroxylation is 2. The lowest BCUT2D eigenvalue weighted by molar-refractivity contribution is -0.143. The minimum Gasteiger partial charge on any atom is -0.481 e. The van der Waals surface area contributed by atoms with Gasteiger partial charge in [-0.05, 0) is 152 Å². The lowest BCUT2D eigenvalue weighted by Crippen LogP contribution is -2.10. The fraction of sp³-hybridized carbons (Fsp3) is 0.286. The Labute approximate surface area is 295 Å². The van der Waals surface area contributed by atoms with E-state index >= 15 is 0 Å². The van der Waals surface area contributed by atoms with E-state index in [-0.39, 0.29) is 30.9 Å². The standard InChI is InChI=1S/C16H17I2NO4.C12H9I2NO4/c1-3-22-13(20)6-5-10-14-11(18)7-9(17)8-12(14)19-15(10)16(21)23-4-2;13-5-3-7(14)10-6(1-2-9(16)17)11(12(18)19)15-8(10)4-5/h7-8,19H,3-6H2,1-2H3;3-4,15H,1-2H2,(H,16,17)(H,18,19). The number of H-pyrrole nitrogens is 2. The van der Waals surface area contributed by atoms with Crippen molar-refractivity contribution < 1.29 is 38.9 Å². The minimum atomic E-state index is -1.07. The zero-order valence-electron chi connectivity index (χ0n) is 22.4. The molecule has 0 aliphatic rings. The first-order valence-corrected chi connectivity index (χ1v) is 17.0. The predicted molar refractivity (Wildman–Crippen MR) is 191 cm³/mol. The summed E-state index contributed by atoms with van der Waals surface area (Å²) in [6.07, 6.45) is 0.779. The second-order valence-corrected chi connectivity index (χ2v) is 13.6. The van der Waals surface area contributed by atoms with Crippen molar-refractivity contribution in [2.24, 2.45) is 0 Å². The topological polar surface area (TPSA) is 159 Å². The Balaban J connectivity index is 0.000000235. The number of carboxylic acid groups (broad SMARTS) is 2. The summed E-state index contributed by atoms with van der Waals surface area (Å²) in [6, 6.07) is 7.82. The summed E-state index contributed by atoms with van der Waals surface area (Å²) in [5.74, 6) is -2.67. The van der Waals surface area contributed by atoms with Gasteiger partial charge in [0.25, 0.3) is 0 Å². The first kappa shape index (κ1) is 34.8. The van der Waals surface area contributed by atoms with Crippen molar-refractivity contribution in [1.29, 1.82) is 0 Å². The molecule has 42 heavy (non-hydrogen) atoms. The van der Waals surface area contributed by atoms with Gasteiger partial charge in [0.15, 0.2) is 0 Å². The van der Waals surface area contributed by atoms with Crippen molar-refractivity contribution in [3.63, 3.8) is 0 Å². The van der Waals surface area contributed by atoms with Gasteiger partial charge in [-0.2, -0.15) is 0 Å². The zero-order valence-corrected chi connectivity index (χ0v) is 31.0. The average molecular weight is 1030 g/mol. The highest BCUT2D eigenvalue weighted by atomic mass is 127. The lowest BCUT2D eigenvalue weighted by Gasteiger charge is -2.06. The third-order valence-electron chi connectivity index (χ3n) is 6.00. The summed E-state index contributed by atoms with van der Waals surface area (Å²) in [6.45, 7) is 4.21. The number of carbonyl (C=O) groups excluding carboxylic acids is 2. The number of aromatic amines is 2. The maximum atomic E-state index is 12.2. The smallest absolute Gasteiger partial charge is 0.355 e. The van der Waals surface area contributed by atoms with E-state index in [1.54, 1.807) is 13.8 Å². The molecule has 0 saturated heterocycles. The molecule has 4 N–H and O–H groups in total. The number of hydrogen-bond donors (Lipinski definition) is 4. The Kier molecular flexibility index (Phi) is 13.2. The number of halogens is 4. The van der Waals surface area contributed by atoms with E-state index in [0.29, 0.717) is 30.9 Å². The molecular weight excluding hydrogens is 1000 g/mol. The Morgan fingerprint density at radius 2 is 1.19 bits per heavy atom. The molecule has 0 spiro atoms. The summed E-state index contributed by atoms with van der Waals surface area (Å²) in [5, 5.41) is 19.8. The number of hydrogen-bond acceptors (Lipinski definition) is 6. The van der Waals surface area contributed by atoms with Crippen LogP contribution in [0.3, 0.4) is 0 Å². The fourth-order valence-corrected chi connectivity index (χ4v) is 8.72. The maximum Gasteiger partial charge on any atom is 0.355 e. The molecule has 4 aromatic rings. The number of benzene rings is 2. The summed E-state index contributed by atoms with van der Waals surface area (Å²) in [7, 11) is 0. The van der Waals surface area contributed by atoms with Crippen LogP contribution in [0, 0.1) is 14.3 Å². The number of carbonyl (C=O) groups is 4. The number of aromatic carboxylic acids is 1. The summed E-state index contributed by atoms with van der Waals surface area (Å²) in [5.41, 5.74) is 3.48.